The first-order chi connectivity index (χ1) is 13.7. The number of nitrogens with one attached hydrogen (secondary N) is 1. The second-order valence-electron chi connectivity index (χ2n) is 7.40. The predicted octanol–water partition coefficient (Wildman–Crippen LogP) is 2.04. The van der Waals surface area contributed by atoms with Gasteiger partial charge in [0.05, 0.1) is 13.2 Å². The fourth-order valence-corrected chi connectivity index (χ4v) is 3.97. The normalized spacial score (nSPS) is 16.5. The number of piperidine rings is 1. The van der Waals surface area contributed by atoms with Gasteiger partial charge in [0.2, 0.25) is 0 Å². The van der Waals surface area contributed by atoms with E-state index in [1.807, 2.05) is 18.2 Å². The third kappa shape index (κ3) is 3.70. The Bertz CT molecular complexity index is 1010. The van der Waals surface area contributed by atoms with Crippen LogP contribution in [0.3, 0.4) is 0 Å². The summed E-state index contributed by atoms with van der Waals surface area (Å²) in [6, 6.07) is 7.77. The molecular weight excluding hydrogens is 356 g/mol. The minimum atomic E-state index is -0.277. The Labute approximate surface area is 163 Å². The number of H-pyrrole nitrogens is 1. The number of pyridine rings is 1. The first-order valence-corrected chi connectivity index (χ1v) is 9.80. The number of likely N-dealkylation sites (tertiary alicyclic amines) is 1. The molecule has 1 saturated heterocycles. The Morgan fingerprint density at radius 3 is 2.82 bits per heavy atom. The van der Waals surface area contributed by atoms with Crippen LogP contribution in [0.5, 0.6) is 0 Å². The Morgan fingerprint density at radius 2 is 2.04 bits per heavy atom. The Kier molecular flexibility index (Phi) is 5.50. The van der Waals surface area contributed by atoms with Gasteiger partial charge in [0, 0.05) is 18.2 Å². The molecule has 0 aliphatic carbocycles. The highest BCUT2D eigenvalue weighted by atomic mass is 16.5. The minimum Gasteiger partial charge on any atom is -0.383 e. The number of nitrogens with zero attached hydrogens (tertiary/aromatic N) is 5. The van der Waals surface area contributed by atoms with Crippen molar-refractivity contribution in [2.75, 3.05) is 26.8 Å². The molecule has 148 valence electrons. The summed E-state index contributed by atoms with van der Waals surface area (Å²) in [5.41, 5.74) is 2.60. The van der Waals surface area contributed by atoms with E-state index < -0.39 is 0 Å². The van der Waals surface area contributed by atoms with Gasteiger partial charge in [0.15, 0.2) is 5.82 Å². The molecule has 28 heavy (non-hydrogen) atoms. The predicted molar refractivity (Wildman–Crippen MR) is 106 cm³/mol. The number of aromatic nitrogens is 5. The third-order valence-electron chi connectivity index (χ3n) is 5.39. The van der Waals surface area contributed by atoms with Crippen molar-refractivity contribution in [2.24, 2.45) is 0 Å². The van der Waals surface area contributed by atoms with Crippen molar-refractivity contribution in [2.45, 2.75) is 38.8 Å². The van der Waals surface area contributed by atoms with Crippen molar-refractivity contribution in [3.8, 4) is 0 Å². The number of tetrazole rings is 1. The zero-order valence-corrected chi connectivity index (χ0v) is 16.4. The van der Waals surface area contributed by atoms with E-state index in [0.717, 1.165) is 42.4 Å². The van der Waals surface area contributed by atoms with E-state index >= 15 is 0 Å². The molecule has 0 bridgehead atoms. The second kappa shape index (κ2) is 8.20. The molecule has 1 fully saturated rings. The highest BCUT2D eigenvalue weighted by Gasteiger charge is 2.31. The van der Waals surface area contributed by atoms with Gasteiger partial charge in [-0.05, 0) is 66.9 Å². The molecule has 0 radical (unpaired) electrons. The van der Waals surface area contributed by atoms with Gasteiger partial charge in [-0.1, -0.05) is 18.1 Å². The maximum Gasteiger partial charge on any atom is 0.253 e. The van der Waals surface area contributed by atoms with Gasteiger partial charge in [0.1, 0.15) is 6.04 Å². The molecule has 0 amide bonds. The monoisotopic (exact) mass is 382 g/mol. The van der Waals surface area contributed by atoms with Crippen LogP contribution < -0.4 is 5.56 Å². The van der Waals surface area contributed by atoms with Crippen LogP contribution in [0, 0.1) is 6.92 Å². The molecule has 3 heterocycles. The van der Waals surface area contributed by atoms with Gasteiger partial charge >= 0.3 is 0 Å². The summed E-state index contributed by atoms with van der Waals surface area (Å²) in [6.45, 7) is 4.96. The standard InChI is InChI=1S/C20H26N6O2/c1-14-6-7-17-15(12-14)13-16(20(27)21-17)18(25-8-4-3-5-9-25)19-22-23-24-26(19)10-11-28-2/h6-7,12-13,18H,3-5,8-11H2,1-2H3,(H,21,27)/t18-/m1/s1. The lowest BCUT2D eigenvalue weighted by atomic mass is 10.00. The molecule has 8 nitrogen and oxygen atoms in total. The van der Waals surface area contributed by atoms with Crippen molar-refractivity contribution >= 4 is 10.9 Å². The van der Waals surface area contributed by atoms with E-state index in [9.17, 15) is 4.79 Å². The van der Waals surface area contributed by atoms with Crippen molar-refractivity contribution < 1.29 is 4.74 Å². The summed E-state index contributed by atoms with van der Waals surface area (Å²) >= 11 is 0. The number of hydrogen-bond acceptors (Lipinski definition) is 6. The van der Waals surface area contributed by atoms with Crippen LogP contribution in [-0.4, -0.2) is 56.9 Å². The van der Waals surface area contributed by atoms with Gasteiger partial charge in [-0.15, -0.1) is 5.10 Å². The largest absolute Gasteiger partial charge is 0.383 e. The lowest BCUT2D eigenvalue weighted by molar-refractivity contribution is 0.163. The van der Waals surface area contributed by atoms with Crippen molar-refractivity contribution in [3.63, 3.8) is 0 Å². The summed E-state index contributed by atoms with van der Waals surface area (Å²) in [5.74, 6) is 0.691. The van der Waals surface area contributed by atoms with E-state index in [4.69, 9.17) is 4.74 Å². The highest BCUT2D eigenvalue weighted by Crippen LogP contribution is 2.29. The van der Waals surface area contributed by atoms with Gasteiger partial charge in [-0.25, -0.2) is 4.68 Å². The summed E-state index contributed by atoms with van der Waals surface area (Å²) in [7, 11) is 1.66. The molecule has 8 heteroatoms. The Morgan fingerprint density at radius 1 is 1.21 bits per heavy atom. The lowest BCUT2D eigenvalue weighted by Gasteiger charge is -2.33. The topological polar surface area (TPSA) is 88.9 Å². The van der Waals surface area contributed by atoms with Crippen LogP contribution in [0.4, 0.5) is 0 Å². The second-order valence-corrected chi connectivity index (χ2v) is 7.40. The molecule has 3 aromatic rings. The molecule has 2 aromatic heterocycles. The number of methoxy groups -OCH3 is 1. The van der Waals surface area contributed by atoms with Crippen LogP contribution in [0.15, 0.2) is 29.1 Å². The number of hydrogen-bond donors (Lipinski definition) is 1. The first kappa shape index (κ1) is 18.8. The average molecular weight is 382 g/mol. The van der Waals surface area contributed by atoms with Crippen molar-refractivity contribution in [1.29, 1.82) is 0 Å². The fraction of sp³-hybridized carbons (Fsp3) is 0.500. The summed E-state index contributed by atoms with van der Waals surface area (Å²) in [5, 5.41) is 13.4. The number of aromatic amines is 1. The van der Waals surface area contributed by atoms with Crippen LogP contribution in [0.2, 0.25) is 0 Å². The molecule has 1 aromatic carbocycles. The van der Waals surface area contributed by atoms with Crippen LogP contribution in [0.25, 0.3) is 10.9 Å². The SMILES string of the molecule is COCCn1nnnc1[C@@H](c1cc2cc(C)ccc2[nH]c1=O)N1CCCCC1. The van der Waals surface area contributed by atoms with Gasteiger partial charge in [-0.3, -0.25) is 9.69 Å². The molecular formula is C20H26N6O2. The summed E-state index contributed by atoms with van der Waals surface area (Å²) in [4.78, 5) is 18.4. The van der Waals surface area contributed by atoms with E-state index in [1.54, 1.807) is 11.8 Å². The Balaban J connectivity index is 1.84. The summed E-state index contributed by atoms with van der Waals surface area (Å²) in [6.07, 6.45) is 3.44. The molecule has 4 rings (SSSR count). The highest BCUT2D eigenvalue weighted by molar-refractivity contribution is 5.79. The van der Waals surface area contributed by atoms with E-state index in [2.05, 4.69) is 38.4 Å². The molecule has 0 saturated carbocycles. The number of ether oxygens (including phenoxy) is 1. The lowest BCUT2D eigenvalue weighted by Crippen LogP contribution is -2.38. The first-order valence-electron chi connectivity index (χ1n) is 9.80. The van der Waals surface area contributed by atoms with Crippen LogP contribution >= 0.6 is 0 Å². The maximum absolute atomic E-state index is 13.0. The number of aryl methyl sites for hydroxylation is 1. The van der Waals surface area contributed by atoms with Crippen molar-refractivity contribution in [1.82, 2.24) is 30.1 Å². The van der Waals surface area contributed by atoms with Gasteiger partial charge < -0.3 is 9.72 Å². The molecule has 1 aliphatic heterocycles. The smallest absolute Gasteiger partial charge is 0.253 e. The molecule has 1 aliphatic rings. The van der Waals surface area contributed by atoms with E-state index in [0.29, 0.717) is 24.5 Å². The van der Waals surface area contributed by atoms with Gasteiger partial charge in [0.25, 0.3) is 5.56 Å². The average Bonchev–Trinajstić information content (AvgIpc) is 3.16. The van der Waals surface area contributed by atoms with E-state index in [-0.39, 0.29) is 11.6 Å². The van der Waals surface area contributed by atoms with Crippen LogP contribution in [-0.2, 0) is 11.3 Å². The summed E-state index contributed by atoms with van der Waals surface area (Å²) < 4.78 is 6.95. The van der Waals surface area contributed by atoms with E-state index in [1.165, 1.54) is 6.42 Å². The quantitative estimate of drug-likeness (QED) is 0.702. The van der Waals surface area contributed by atoms with Gasteiger partial charge in [-0.2, -0.15) is 0 Å². The third-order valence-corrected chi connectivity index (χ3v) is 5.39. The van der Waals surface area contributed by atoms with Crippen LogP contribution in [0.1, 0.15) is 42.3 Å². The molecule has 1 atom stereocenters. The molecule has 0 unspecified atom stereocenters. The molecule has 0 spiro atoms. The number of benzene rings is 1. The fourth-order valence-electron chi connectivity index (χ4n) is 3.97. The zero-order valence-electron chi connectivity index (χ0n) is 16.4. The van der Waals surface area contributed by atoms with Crippen molar-refractivity contribution in [3.05, 3.63) is 51.6 Å². The molecule has 1 N–H and O–H groups in total. The zero-order chi connectivity index (χ0) is 19.5. The Hall–Kier alpha value is -2.58. The number of fused-ring (bicyclic) bond motifs is 1. The number of rotatable bonds is 6. The maximum atomic E-state index is 13.0. The minimum absolute atomic E-state index is 0.0896.